The number of hydrogen-bond donors (Lipinski definition) is 1. The lowest BCUT2D eigenvalue weighted by atomic mass is 9.90. The van der Waals surface area contributed by atoms with Crippen LogP contribution in [0.4, 0.5) is 0 Å². The Bertz CT molecular complexity index is 499. The van der Waals surface area contributed by atoms with E-state index in [2.05, 4.69) is 0 Å². The molecule has 0 spiro atoms. The molecule has 1 aromatic rings. The Morgan fingerprint density at radius 1 is 1.52 bits per heavy atom. The molecule has 1 aliphatic rings. The Hall–Kier alpha value is -1.20. The minimum Gasteiger partial charge on any atom is -0.497 e. The van der Waals surface area contributed by atoms with Crippen molar-refractivity contribution in [1.82, 2.24) is 4.90 Å². The molecule has 1 heterocycles. The summed E-state index contributed by atoms with van der Waals surface area (Å²) >= 11 is 1.52. The van der Waals surface area contributed by atoms with Gasteiger partial charge in [-0.3, -0.25) is 4.79 Å². The van der Waals surface area contributed by atoms with Gasteiger partial charge in [-0.1, -0.05) is 6.07 Å². The highest BCUT2D eigenvalue weighted by Crippen LogP contribution is 2.28. The Balaban J connectivity index is 1.85. The van der Waals surface area contributed by atoms with Crippen LogP contribution in [0.1, 0.15) is 20.3 Å². The second-order valence-electron chi connectivity index (χ2n) is 5.95. The topological polar surface area (TPSA) is 49.8 Å². The molecule has 1 aromatic carbocycles. The lowest BCUT2D eigenvalue weighted by molar-refractivity contribution is -0.127. The number of carbonyl (C=O) groups excluding carboxylic acids is 1. The van der Waals surface area contributed by atoms with E-state index < -0.39 is 5.60 Å². The van der Waals surface area contributed by atoms with Gasteiger partial charge in [0.1, 0.15) is 5.75 Å². The lowest BCUT2D eigenvalue weighted by Gasteiger charge is -2.25. The van der Waals surface area contributed by atoms with Crippen LogP contribution in [0.2, 0.25) is 0 Å². The van der Waals surface area contributed by atoms with Crippen LogP contribution in [-0.4, -0.2) is 47.5 Å². The Labute approximate surface area is 130 Å². The van der Waals surface area contributed by atoms with E-state index in [0.29, 0.717) is 12.3 Å². The summed E-state index contributed by atoms with van der Waals surface area (Å²) in [5, 5.41) is 10.0. The van der Waals surface area contributed by atoms with Crippen molar-refractivity contribution in [2.75, 3.05) is 26.0 Å². The highest BCUT2D eigenvalue weighted by molar-refractivity contribution is 8.00. The smallest absolute Gasteiger partial charge is 0.232 e. The first-order valence-electron chi connectivity index (χ1n) is 7.17. The summed E-state index contributed by atoms with van der Waals surface area (Å²) in [5.41, 5.74) is -0.713. The van der Waals surface area contributed by atoms with Crippen molar-refractivity contribution in [2.24, 2.45) is 5.92 Å². The normalized spacial score (nSPS) is 18.9. The fourth-order valence-electron chi connectivity index (χ4n) is 2.49. The maximum atomic E-state index is 12.2. The first kappa shape index (κ1) is 16.2. The molecule has 1 aliphatic heterocycles. The van der Waals surface area contributed by atoms with Gasteiger partial charge >= 0.3 is 0 Å². The molecule has 0 aromatic heterocycles. The standard InChI is InChI=1S/C16H23NO3S/c1-16(2,19)12-7-8-17(10-12)15(18)11-21-14-6-4-5-13(9-14)20-3/h4-6,9,12,19H,7-8,10-11H2,1-3H3/t12-/m0/s1. The maximum Gasteiger partial charge on any atom is 0.232 e. The average Bonchev–Trinajstić information content (AvgIpc) is 2.95. The number of rotatable bonds is 5. The fraction of sp³-hybridized carbons (Fsp3) is 0.562. The molecule has 1 fully saturated rings. The van der Waals surface area contributed by atoms with E-state index in [1.54, 1.807) is 7.11 Å². The number of aliphatic hydroxyl groups is 1. The SMILES string of the molecule is COc1cccc(SCC(=O)N2CC[C@H](C(C)(C)O)C2)c1. The van der Waals surface area contributed by atoms with Gasteiger partial charge in [0.15, 0.2) is 0 Å². The average molecular weight is 309 g/mol. The van der Waals surface area contributed by atoms with Crippen molar-refractivity contribution in [3.05, 3.63) is 24.3 Å². The zero-order valence-electron chi connectivity index (χ0n) is 12.8. The molecule has 5 heteroatoms. The van der Waals surface area contributed by atoms with Crippen LogP contribution in [-0.2, 0) is 4.79 Å². The second kappa shape index (κ2) is 6.71. The van der Waals surface area contributed by atoms with Crippen molar-refractivity contribution in [3.63, 3.8) is 0 Å². The first-order chi connectivity index (χ1) is 9.90. The quantitative estimate of drug-likeness (QED) is 0.849. The monoisotopic (exact) mass is 309 g/mol. The number of amides is 1. The second-order valence-corrected chi connectivity index (χ2v) is 7.00. The Morgan fingerprint density at radius 3 is 2.90 bits per heavy atom. The van der Waals surface area contributed by atoms with Crippen molar-refractivity contribution in [1.29, 1.82) is 0 Å². The third-order valence-electron chi connectivity index (χ3n) is 3.94. The van der Waals surface area contributed by atoms with E-state index in [9.17, 15) is 9.90 Å². The van der Waals surface area contributed by atoms with E-state index in [4.69, 9.17) is 4.74 Å². The largest absolute Gasteiger partial charge is 0.497 e. The summed E-state index contributed by atoms with van der Waals surface area (Å²) in [7, 11) is 1.63. The summed E-state index contributed by atoms with van der Waals surface area (Å²) in [5.74, 6) is 1.53. The number of benzene rings is 1. The van der Waals surface area contributed by atoms with Crippen LogP contribution in [0.15, 0.2) is 29.2 Å². The molecule has 0 saturated carbocycles. The van der Waals surface area contributed by atoms with Gasteiger partial charge in [0.05, 0.1) is 18.5 Å². The van der Waals surface area contributed by atoms with Gasteiger partial charge in [0.25, 0.3) is 0 Å². The van der Waals surface area contributed by atoms with E-state index in [1.807, 2.05) is 43.0 Å². The molecule has 0 bridgehead atoms. The highest BCUT2D eigenvalue weighted by Gasteiger charge is 2.35. The van der Waals surface area contributed by atoms with Crippen LogP contribution >= 0.6 is 11.8 Å². The minimum absolute atomic E-state index is 0.134. The molecule has 116 valence electrons. The summed E-state index contributed by atoms with van der Waals surface area (Å²) in [6, 6.07) is 7.72. The molecule has 0 aliphatic carbocycles. The predicted octanol–water partition coefficient (Wildman–Crippen LogP) is 2.41. The zero-order valence-corrected chi connectivity index (χ0v) is 13.7. The van der Waals surface area contributed by atoms with Crippen molar-refractivity contribution in [3.8, 4) is 5.75 Å². The summed E-state index contributed by atoms with van der Waals surface area (Å²) in [6.07, 6.45) is 0.874. The van der Waals surface area contributed by atoms with Gasteiger partial charge in [0, 0.05) is 23.9 Å². The number of hydrogen-bond acceptors (Lipinski definition) is 4. The fourth-order valence-corrected chi connectivity index (χ4v) is 3.34. The third kappa shape index (κ3) is 4.38. The van der Waals surface area contributed by atoms with E-state index in [0.717, 1.165) is 23.6 Å². The number of methoxy groups -OCH3 is 1. The van der Waals surface area contributed by atoms with Crippen molar-refractivity contribution < 1.29 is 14.6 Å². The zero-order chi connectivity index (χ0) is 15.5. The van der Waals surface area contributed by atoms with Gasteiger partial charge in [-0.05, 0) is 38.5 Å². The van der Waals surface area contributed by atoms with Crippen molar-refractivity contribution in [2.45, 2.75) is 30.8 Å². The first-order valence-corrected chi connectivity index (χ1v) is 8.15. The van der Waals surface area contributed by atoms with Gasteiger partial charge < -0.3 is 14.7 Å². The molecule has 0 unspecified atom stereocenters. The summed E-state index contributed by atoms with van der Waals surface area (Å²) in [4.78, 5) is 15.1. The number of likely N-dealkylation sites (tertiary alicyclic amines) is 1. The molecule has 1 amide bonds. The van der Waals surface area contributed by atoms with Crippen LogP contribution in [0.25, 0.3) is 0 Å². The highest BCUT2D eigenvalue weighted by atomic mass is 32.2. The minimum atomic E-state index is -0.713. The number of carbonyl (C=O) groups is 1. The summed E-state index contributed by atoms with van der Waals surface area (Å²) < 4.78 is 5.18. The number of ether oxygens (including phenoxy) is 1. The number of thioether (sulfide) groups is 1. The molecular formula is C16H23NO3S. The molecule has 0 radical (unpaired) electrons. The molecule has 1 saturated heterocycles. The molecule has 1 atom stereocenters. The maximum absolute atomic E-state index is 12.2. The van der Waals surface area contributed by atoms with Crippen LogP contribution in [0, 0.1) is 5.92 Å². The Morgan fingerprint density at radius 2 is 2.29 bits per heavy atom. The van der Waals surface area contributed by atoms with Crippen LogP contribution < -0.4 is 4.74 Å². The van der Waals surface area contributed by atoms with Crippen LogP contribution in [0.5, 0.6) is 5.75 Å². The molecule has 4 nitrogen and oxygen atoms in total. The van der Waals surface area contributed by atoms with Crippen molar-refractivity contribution >= 4 is 17.7 Å². The molecule has 21 heavy (non-hydrogen) atoms. The van der Waals surface area contributed by atoms with Gasteiger partial charge in [-0.15, -0.1) is 11.8 Å². The lowest BCUT2D eigenvalue weighted by Crippen LogP contribution is -2.36. The van der Waals surface area contributed by atoms with Gasteiger partial charge in [0.2, 0.25) is 5.91 Å². The van der Waals surface area contributed by atoms with E-state index in [-0.39, 0.29) is 11.8 Å². The van der Waals surface area contributed by atoms with E-state index in [1.165, 1.54) is 11.8 Å². The van der Waals surface area contributed by atoms with Gasteiger partial charge in [-0.25, -0.2) is 0 Å². The van der Waals surface area contributed by atoms with Crippen LogP contribution in [0.3, 0.4) is 0 Å². The Kier molecular flexibility index (Phi) is 5.17. The number of nitrogens with zero attached hydrogens (tertiary/aromatic N) is 1. The third-order valence-corrected chi connectivity index (χ3v) is 4.92. The molecule has 1 N–H and O–H groups in total. The molecule has 2 rings (SSSR count). The molecular weight excluding hydrogens is 286 g/mol. The predicted molar refractivity (Wildman–Crippen MR) is 84.7 cm³/mol. The summed E-state index contributed by atoms with van der Waals surface area (Å²) in [6.45, 7) is 5.03. The van der Waals surface area contributed by atoms with Gasteiger partial charge in [-0.2, -0.15) is 0 Å². The van der Waals surface area contributed by atoms with E-state index >= 15 is 0 Å².